The van der Waals surface area contributed by atoms with Crippen LogP contribution in [0.15, 0.2) is 0 Å². The van der Waals surface area contributed by atoms with Gasteiger partial charge in [0.25, 0.3) is 0 Å². The average molecular weight is 262 g/mol. The molecule has 0 radical (unpaired) electrons. The molecule has 0 aliphatic carbocycles. The van der Waals surface area contributed by atoms with Crippen LogP contribution in [-0.4, -0.2) is 15.4 Å². The zero-order valence-electron chi connectivity index (χ0n) is 3.26. The predicted octanol–water partition coefficient (Wildman–Crippen LogP) is -5.21. The van der Waals surface area contributed by atoms with E-state index < -0.39 is 0 Å². The molecule has 3 heteroatoms. The quantitative estimate of drug-likeness (QED) is 0.383. The summed E-state index contributed by atoms with van der Waals surface area (Å²) in [6, 6.07) is 0. The van der Waals surface area contributed by atoms with Gasteiger partial charge < -0.3 is 34.0 Å². The molecule has 0 N–H and O–H groups in total. The number of halogens is 2. The molecular weight excluding hydrogens is 256 g/mol. The predicted molar refractivity (Wildman–Crippen MR) is 17.5 cm³/mol. The molecule has 0 aromatic rings. The van der Waals surface area contributed by atoms with Crippen molar-refractivity contribution < 1.29 is 34.0 Å². The third-order valence-electron chi connectivity index (χ3n) is 0. The zero-order chi connectivity index (χ0) is 2.71. The second-order valence-electron chi connectivity index (χ2n) is 0.500. The summed E-state index contributed by atoms with van der Waals surface area (Å²) in [5, 5.41) is 0. The van der Waals surface area contributed by atoms with Crippen molar-refractivity contribution >= 4 is 15.4 Å². The Morgan fingerprint density at radius 1 is 1.00 bits per heavy atom. The standard InChI is InChI=1S/C2H6Ge.2BrH/c1-3-2;;/h1-2H3;2*1H/q+2;;/p-2. The van der Waals surface area contributed by atoms with Gasteiger partial charge in [0.05, 0.1) is 0 Å². The number of hydrogen-bond acceptors (Lipinski definition) is 0. The minimum atomic E-state index is 0. The molecule has 5 heavy (non-hydrogen) atoms. The molecule has 0 rings (SSSR count). The Morgan fingerprint density at radius 2 is 1.00 bits per heavy atom. The second-order valence-corrected chi connectivity index (χ2v) is 2.60. The van der Waals surface area contributed by atoms with E-state index in [0.717, 1.165) is 0 Å². The first-order valence-corrected chi connectivity index (χ1v) is 5.20. The molecule has 0 unspecified atom stereocenters. The van der Waals surface area contributed by atoms with Crippen LogP contribution < -0.4 is 34.0 Å². The van der Waals surface area contributed by atoms with Gasteiger partial charge in [0.15, 0.2) is 0 Å². The van der Waals surface area contributed by atoms with Gasteiger partial charge in [0.2, 0.25) is 0 Å². The summed E-state index contributed by atoms with van der Waals surface area (Å²) in [4.78, 5) is 0. The summed E-state index contributed by atoms with van der Waals surface area (Å²) in [5.41, 5.74) is 0. The first-order valence-electron chi connectivity index (χ1n) is 1.00. The average Bonchev–Trinajstić information content (AvgIpc) is 0.918. The summed E-state index contributed by atoms with van der Waals surface area (Å²) in [5.74, 6) is 4.50. The zero-order valence-corrected chi connectivity index (χ0v) is 8.53. The molecule has 0 spiro atoms. The van der Waals surface area contributed by atoms with Crippen LogP contribution in [0.1, 0.15) is 0 Å². The van der Waals surface area contributed by atoms with E-state index in [-0.39, 0.29) is 34.0 Å². The Labute approximate surface area is 60.7 Å². The first kappa shape index (κ1) is 16.0. The van der Waals surface area contributed by atoms with Crippen LogP contribution in [0, 0.1) is 0 Å². The van der Waals surface area contributed by atoms with Crippen molar-refractivity contribution in [1.29, 1.82) is 0 Å². The van der Waals surface area contributed by atoms with Gasteiger partial charge in [-0.1, -0.05) is 0 Å². The summed E-state index contributed by atoms with van der Waals surface area (Å²) < 4.78 is 0. The Hall–Kier alpha value is 1.50. The first-order chi connectivity index (χ1) is 1.41. The minimum absolute atomic E-state index is 0. The van der Waals surface area contributed by atoms with Crippen LogP contribution in [0.5, 0.6) is 0 Å². The Kier molecular flexibility index (Phi) is 57.2. The molecular formula is C2H6Br2Ge. The van der Waals surface area contributed by atoms with Gasteiger partial charge in [-0.05, 0) is 0 Å². The van der Waals surface area contributed by atoms with Gasteiger partial charge in [-0.2, -0.15) is 0 Å². The van der Waals surface area contributed by atoms with Crippen molar-refractivity contribution in [1.82, 2.24) is 0 Å². The van der Waals surface area contributed by atoms with Gasteiger partial charge in [-0.15, -0.1) is 0 Å². The fourth-order valence-corrected chi connectivity index (χ4v) is 0. The van der Waals surface area contributed by atoms with E-state index in [1.165, 1.54) is 0 Å². The molecule has 0 saturated carbocycles. The van der Waals surface area contributed by atoms with Crippen molar-refractivity contribution in [2.75, 3.05) is 0 Å². The molecule has 0 bridgehead atoms. The monoisotopic (exact) mass is 262 g/mol. The van der Waals surface area contributed by atoms with Crippen LogP contribution in [0.25, 0.3) is 0 Å². The van der Waals surface area contributed by atoms with E-state index in [0.29, 0.717) is 15.4 Å². The van der Waals surface area contributed by atoms with Crippen LogP contribution in [0.4, 0.5) is 0 Å². The van der Waals surface area contributed by atoms with Crippen LogP contribution in [0.2, 0.25) is 11.5 Å². The van der Waals surface area contributed by atoms with Gasteiger partial charge >= 0.3 is 26.9 Å². The van der Waals surface area contributed by atoms with Crippen molar-refractivity contribution in [3.8, 4) is 0 Å². The van der Waals surface area contributed by atoms with Gasteiger partial charge in [-0.3, -0.25) is 0 Å². The molecule has 0 fully saturated rings. The molecule has 0 aromatic carbocycles. The molecule has 0 nitrogen and oxygen atoms in total. The van der Waals surface area contributed by atoms with Gasteiger partial charge in [-0.25, -0.2) is 0 Å². The van der Waals surface area contributed by atoms with E-state index in [9.17, 15) is 0 Å². The molecule has 0 saturated heterocycles. The number of hydrogen-bond donors (Lipinski definition) is 0. The van der Waals surface area contributed by atoms with Crippen LogP contribution in [-0.2, 0) is 0 Å². The second kappa shape index (κ2) is 17.8. The third-order valence-corrected chi connectivity index (χ3v) is 0. The normalized spacial score (nSPS) is 2.00. The summed E-state index contributed by atoms with van der Waals surface area (Å²) in [7, 11) is 0. The summed E-state index contributed by atoms with van der Waals surface area (Å²) in [6.07, 6.45) is 0. The topological polar surface area (TPSA) is 0 Å². The summed E-state index contributed by atoms with van der Waals surface area (Å²) >= 11 is 0.500. The van der Waals surface area contributed by atoms with Crippen molar-refractivity contribution in [3.05, 3.63) is 0 Å². The molecule has 0 atom stereocenters. The molecule has 0 amide bonds. The maximum atomic E-state index is 2.25. The molecule has 32 valence electrons. The SMILES string of the molecule is [Br-].[Br-].[CH3][Ge+2][CH3]. The Morgan fingerprint density at radius 3 is 1.00 bits per heavy atom. The number of rotatable bonds is 0. The van der Waals surface area contributed by atoms with Crippen molar-refractivity contribution in [2.24, 2.45) is 0 Å². The fourth-order valence-electron chi connectivity index (χ4n) is 0. The van der Waals surface area contributed by atoms with E-state index in [4.69, 9.17) is 0 Å². The Balaban J connectivity index is -0.0000000200. The fraction of sp³-hybridized carbons (Fsp3) is 1.00. The van der Waals surface area contributed by atoms with Crippen molar-refractivity contribution in [3.63, 3.8) is 0 Å². The molecule has 0 aliphatic heterocycles. The molecule has 0 heterocycles. The summed E-state index contributed by atoms with van der Waals surface area (Å²) in [6.45, 7) is 0. The van der Waals surface area contributed by atoms with Crippen LogP contribution in [0.3, 0.4) is 0 Å². The van der Waals surface area contributed by atoms with E-state index in [1.54, 1.807) is 0 Å². The van der Waals surface area contributed by atoms with E-state index in [1.807, 2.05) is 0 Å². The third kappa shape index (κ3) is 29.9. The Bertz CT molecular complexity index is 7.61. The molecule has 0 aliphatic rings. The van der Waals surface area contributed by atoms with E-state index in [2.05, 4.69) is 11.5 Å². The van der Waals surface area contributed by atoms with Crippen LogP contribution >= 0.6 is 0 Å². The maximum absolute atomic E-state index is 2.25. The van der Waals surface area contributed by atoms with E-state index >= 15 is 0 Å². The van der Waals surface area contributed by atoms with Gasteiger partial charge in [0.1, 0.15) is 0 Å². The molecule has 0 aromatic heterocycles. The van der Waals surface area contributed by atoms with Gasteiger partial charge in [0, 0.05) is 0 Å². The van der Waals surface area contributed by atoms with Crippen molar-refractivity contribution in [2.45, 2.75) is 11.5 Å².